The van der Waals surface area contributed by atoms with Crippen LogP contribution < -0.4 is 10.5 Å². The van der Waals surface area contributed by atoms with Crippen molar-refractivity contribution in [1.29, 1.82) is 0 Å². The van der Waals surface area contributed by atoms with Gasteiger partial charge in [-0.25, -0.2) is 9.37 Å². The third-order valence-corrected chi connectivity index (χ3v) is 5.35. The van der Waals surface area contributed by atoms with Crippen LogP contribution in [-0.2, 0) is 11.7 Å². The lowest BCUT2D eigenvalue weighted by molar-refractivity contribution is -0.606. The second-order valence-corrected chi connectivity index (χ2v) is 7.72. The van der Waals surface area contributed by atoms with Crippen molar-refractivity contribution in [1.82, 2.24) is 4.98 Å². The standard InChI is InChI=1S/C19H11ClF4N4O5S/c20-12-5-9(19(22,23)24)8-26-17(12)33-14-4-2-1-3-11(14)18(28(31)32)7-13(21)10(16(25)34)6-15(18)27(29)30/h1-6,8H,7H2,(H2,25,34). The Morgan fingerprint density at radius 1 is 1.26 bits per heavy atom. The molecular formula is C19H11ClF4N4O5S. The number of aromatic nitrogens is 1. The van der Waals surface area contributed by atoms with Crippen molar-refractivity contribution < 1.29 is 32.1 Å². The Morgan fingerprint density at radius 2 is 1.91 bits per heavy atom. The first-order chi connectivity index (χ1) is 15.8. The molecule has 0 saturated heterocycles. The van der Waals surface area contributed by atoms with Gasteiger partial charge in [0, 0.05) is 22.8 Å². The van der Waals surface area contributed by atoms with E-state index in [1.165, 1.54) is 12.1 Å². The molecule has 1 atom stereocenters. The fourth-order valence-electron chi connectivity index (χ4n) is 3.30. The van der Waals surface area contributed by atoms with Gasteiger partial charge in [-0.3, -0.25) is 20.2 Å². The summed E-state index contributed by atoms with van der Waals surface area (Å²) in [4.78, 5) is 24.8. The summed E-state index contributed by atoms with van der Waals surface area (Å²) < 4.78 is 58.9. The minimum atomic E-state index is -4.75. The Kier molecular flexibility index (Phi) is 6.57. The number of benzene rings is 1. The van der Waals surface area contributed by atoms with Crippen LogP contribution in [0.2, 0.25) is 5.02 Å². The van der Waals surface area contributed by atoms with Crippen molar-refractivity contribution in [3.63, 3.8) is 0 Å². The van der Waals surface area contributed by atoms with E-state index in [1.807, 2.05) is 0 Å². The highest BCUT2D eigenvalue weighted by molar-refractivity contribution is 7.80. The van der Waals surface area contributed by atoms with Crippen molar-refractivity contribution in [2.75, 3.05) is 0 Å². The van der Waals surface area contributed by atoms with Gasteiger partial charge in [-0.05, 0) is 18.2 Å². The van der Waals surface area contributed by atoms with Gasteiger partial charge in [0.05, 0.1) is 22.5 Å². The summed E-state index contributed by atoms with van der Waals surface area (Å²) in [6, 6.07) is 5.34. The molecule has 15 heteroatoms. The number of para-hydroxylation sites is 1. The Hall–Kier alpha value is -3.65. The van der Waals surface area contributed by atoms with E-state index >= 15 is 0 Å². The van der Waals surface area contributed by atoms with Crippen LogP contribution in [0.5, 0.6) is 11.6 Å². The lowest BCUT2D eigenvalue weighted by Crippen LogP contribution is -2.43. The summed E-state index contributed by atoms with van der Waals surface area (Å²) in [5.41, 5.74) is -0.652. The second kappa shape index (κ2) is 8.95. The molecule has 9 nitrogen and oxygen atoms in total. The van der Waals surface area contributed by atoms with Crippen LogP contribution in [-0.4, -0.2) is 19.8 Å². The lowest BCUT2D eigenvalue weighted by atomic mass is 9.78. The van der Waals surface area contributed by atoms with Crippen LogP contribution in [0.4, 0.5) is 17.6 Å². The largest absolute Gasteiger partial charge is 0.437 e. The molecule has 1 aliphatic carbocycles. The fourth-order valence-corrected chi connectivity index (χ4v) is 3.67. The van der Waals surface area contributed by atoms with E-state index in [0.29, 0.717) is 18.3 Å². The average molecular weight is 519 g/mol. The Balaban J connectivity index is 2.19. The zero-order chi connectivity index (χ0) is 25.4. The first kappa shape index (κ1) is 25.0. The number of hydrogen-bond donors (Lipinski definition) is 1. The normalized spacial score (nSPS) is 18.3. The number of nitrogens with zero attached hydrogens (tertiary/aromatic N) is 3. The molecule has 1 aliphatic rings. The first-order valence-electron chi connectivity index (χ1n) is 8.98. The molecule has 0 bridgehead atoms. The molecule has 0 aliphatic heterocycles. The molecular weight excluding hydrogens is 508 g/mol. The minimum absolute atomic E-state index is 0.423. The van der Waals surface area contributed by atoms with Gasteiger partial charge < -0.3 is 10.5 Å². The molecule has 1 aromatic carbocycles. The molecule has 2 aromatic rings. The van der Waals surface area contributed by atoms with Crippen molar-refractivity contribution in [3.8, 4) is 11.6 Å². The van der Waals surface area contributed by atoms with Crippen molar-refractivity contribution in [2.24, 2.45) is 5.73 Å². The summed E-state index contributed by atoms with van der Waals surface area (Å²) in [6.07, 6.45) is -4.88. The Labute approximate surface area is 197 Å². The summed E-state index contributed by atoms with van der Waals surface area (Å²) in [5.74, 6) is -2.16. The lowest BCUT2D eigenvalue weighted by Gasteiger charge is -2.27. The summed E-state index contributed by atoms with van der Waals surface area (Å²) in [5, 5.41) is 23.4. The third-order valence-electron chi connectivity index (χ3n) is 4.86. The second-order valence-electron chi connectivity index (χ2n) is 6.87. The third kappa shape index (κ3) is 4.41. The summed E-state index contributed by atoms with van der Waals surface area (Å²) in [6.45, 7) is 0. The number of thiocarbonyl (C=S) groups is 1. The van der Waals surface area contributed by atoms with E-state index in [2.05, 4.69) is 17.2 Å². The van der Waals surface area contributed by atoms with Crippen LogP contribution in [0.15, 0.2) is 59.7 Å². The smallest absolute Gasteiger partial charge is 0.417 e. The minimum Gasteiger partial charge on any atom is -0.437 e. The molecule has 0 saturated carbocycles. The average Bonchev–Trinajstić information content (AvgIpc) is 2.73. The van der Waals surface area contributed by atoms with E-state index in [1.54, 1.807) is 0 Å². The molecule has 34 heavy (non-hydrogen) atoms. The summed E-state index contributed by atoms with van der Waals surface area (Å²) >= 11 is 10.5. The first-order valence-corrected chi connectivity index (χ1v) is 9.77. The fraction of sp³-hybridized carbons (Fsp3) is 0.158. The molecule has 1 aromatic heterocycles. The number of rotatable bonds is 6. The van der Waals surface area contributed by atoms with Crippen LogP contribution in [0.3, 0.4) is 0 Å². The maximum absolute atomic E-state index is 14.8. The highest BCUT2D eigenvalue weighted by Gasteiger charge is 2.61. The number of hydrogen-bond acceptors (Lipinski definition) is 7. The Bertz CT molecular complexity index is 1280. The van der Waals surface area contributed by atoms with Gasteiger partial charge in [-0.15, -0.1) is 0 Å². The molecule has 0 spiro atoms. The van der Waals surface area contributed by atoms with Gasteiger partial charge in [0.15, 0.2) is 0 Å². The monoisotopic (exact) mass is 518 g/mol. The molecule has 3 rings (SSSR count). The van der Waals surface area contributed by atoms with Gasteiger partial charge in [-0.2, -0.15) is 13.2 Å². The molecule has 0 radical (unpaired) electrons. The number of ether oxygens (including phenoxy) is 1. The van der Waals surface area contributed by atoms with Crippen LogP contribution in [0, 0.1) is 20.2 Å². The van der Waals surface area contributed by atoms with Gasteiger partial charge >= 0.3 is 17.4 Å². The van der Waals surface area contributed by atoms with Crippen LogP contribution in [0.1, 0.15) is 17.5 Å². The maximum Gasteiger partial charge on any atom is 0.417 e. The topological polar surface area (TPSA) is 134 Å². The summed E-state index contributed by atoms with van der Waals surface area (Å²) in [7, 11) is 0. The highest BCUT2D eigenvalue weighted by atomic mass is 35.5. The number of nitrogens with two attached hydrogens (primary N) is 1. The molecule has 1 unspecified atom stereocenters. The van der Waals surface area contributed by atoms with E-state index in [9.17, 15) is 37.8 Å². The number of alkyl halides is 3. The van der Waals surface area contributed by atoms with E-state index < -0.39 is 77.8 Å². The quantitative estimate of drug-likeness (QED) is 0.242. The van der Waals surface area contributed by atoms with E-state index in [-0.39, 0.29) is 0 Å². The molecule has 0 fully saturated rings. The van der Waals surface area contributed by atoms with Crippen LogP contribution in [0.25, 0.3) is 0 Å². The Morgan fingerprint density at radius 3 is 2.44 bits per heavy atom. The molecule has 0 amide bonds. The molecule has 1 heterocycles. The van der Waals surface area contributed by atoms with Crippen molar-refractivity contribution in [2.45, 2.75) is 18.1 Å². The van der Waals surface area contributed by atoms with Crippen LogP contribution >= 0.6 is 23.8 Å². The number of nitro groups is 2. The highest BCUT2D eigenvalue weighted by Crippen LogP contribution is 2.48. The van der Waals surface area contributed by atoms with E-state index in [4.69, 9.17) is 22.1 Å². The number of halogens is 5. The predicted molar refractivity (Wildman–Crippen MR) is 114 cm³/mol. The van der Waals surface area contributed by atoms with Gasteiger partial charge in [0.1, 0.15) is 21.6 Å². The number of pyridine rings is 1. The predicted octanol–water partition coefficient (Wildman–Crippen LogP) is 5.09. The zero-order valence-electron chi connectivity index (χ0n) is 16.5. The van der Waals surface area contributed by atoms with E-state index in [0.717, 1.165) is 12.1 Å². The SMILES string of the molecule is NC(=S)C1=C(F)CC(c2ccccc2Oc2ncc(C(F)(F)F)cc2Cl)([N+](=O)[O-])C([N+](=O)[O-])=C1. The van der Waals surface area contributed by atoms with Gasteiger partial charge in [0.2, 0.25) is 5.88 Å². The molecule has 178 valence electrons. The van der Waals surface area contributed by atoms with Gasteiger partial charge in [0.25, 0.3) is 0 Å². The maximum atomic E-state index is 14.8. The zero-order valence-corrected chi connectivity index (χ0v) is 18.1. The van der Waals surface area contributed by atoms with Crippen molar-refractivity contribution >= 4 is 28.8 Å². The van der Waals surface area contributed by atoms with Gasteiger partial charge in [-0.1, -0.05) is 36.0 Å². The molecule has 2 N–H and O–H groups in total. The van der Waals surface area contributed by atoms with Crippen molar-refractivity contribution in [3.05, 3.63) is 96.1 Å².